The van der Waals surface area contributed by atoms with Crippen LogP contribution >= 0.6 is 0 Å². The van der Waals surface area contributed by atoms with Crippen molar-refractivity contribution in [2.45, 2.75) is 82.7 Å². The molecule has 0 spiro atoms. The Kier molecular flexibility index (Phi) is 9.77. The topological polar surface area (TPSA) is 94.5 Å². The number of hydrogen-bond acceptors (Lipinski definition) is 5. The summed E-state index contributed by atoms with van der Waals surface area (Å²) in [5, 5.41) is 10.9. The molecule has 5 rings (SSSR count). The van der Waals surface area contributed by atoms with Crippen LogP contribution in [0.2, 0.25) is 0 Å². The first-order valence-electron chi connectivity index (χ1n) is 15.1. The first-order chi connectivity index (χ1) is 20.4. The van der Waals surface area contributed by atoms with E-state index < -0.39 is 0 Å². The molecule has 2 aromatic carbocycles. The Morgan fingerprint density at radius 2 is 1.67 bits per heavy atom. The van der Waals surface area contributed by atoms with E-state index in [0.717, 1.165) is 32.1 Å². The van der Waals surface area contributed by atoms with Gasteiger partial charge in [-0.2, -0.15) is 5.10 Å². The van der Waals surface area contributed by atoms with Gasteiger partial charge in [0.1, 0.15) is 17.3 Å². The largest absolute Gasteiger partial charge is 0.496 e. The zero-order valence-electron chi connectivity index (χ0n) is 24.5. The highest BCUT2D eigenvalue weighted by molar-refractivity contribution is 5.95. The molecule has 0 radical (unpaired) electrons. The highest BCUT2D eigenvalue weighted by atomic mass is 19.1. The quantitative estimate of drug-likeness (QED) is 0.267. The van der Waals surface area contributed by atoms with E-state index in [-0.39, 0.29) is 41.8 Å². The van der Waals surface area contributed by atoms with Gasteiger partial charge < -0.3 is 20.1 Å². The van der Waals surface area contributed by atoms with Crippen LogP contribution in [0.15, 0.2) is 48.5 Å². The van der Waals surface area contributed by atoms with E-state index in [1.165, 1.54) is 44.2 Å². The molecule has 3 aromatic rings. The Labute approximate surface area is 247 Å². The van der Waals surface area contributed by atoms with E-state index >= 15 is 0 Å². The van der Waals surface area contributed by atoms with Gasteiger partial charge in [0.25, 0.3) is 5.91 Å². The molecule has 2 aliphatic rings. The minimum atomic E-state index is -0.374. The first-order valence-corrected chi connectivity index (χ1v) is 15.1. The average molecular weight is 577 g/mol. The zero-order valence-corrected chi connectivity index (χ0v) is 24.5. The molecular weight excluding hydrogens is 535 g/mol. The summed E-state index contributed by atoms with van der Waals surface area (Å²) in [6.07, 6.45) is 11.3. The van der Waals surface area contributed by atoms with Gasteiger partial charge in [-0.1, -0.05) is 38.2 Å². The number of amides is 2. The third-order valence-electron chi connectivity index (χ3n) is 8.58. The number of aromatic nitrogens is 2. The van der Waals surface area contributed by atoms with Gasteiger partial charge in [-0.3, -0.25) is 9.59 Å². The molecule has 0 aliphatic heterocycles. The van der Waals surface area contributed by atoms with Gasteiger partial charge in [-0.15, -0.1) is 0 Å². The second-order valence-electron chi connectivity index (χ2n) is 11.5. The van der Waals surface area contributed by atoms with Crippen LogP contribution in [-0.4, -0.2) is 47.9 Å². The summed E-state index contributed by atoms with van der Waals surface area (Å²) >= 11 is 0. The van der Waals surface area contributed by atoms with Gasteiger partial charge in [-0.25, -0.2) is 9.07 Å². The number of hydrogen-bond donors (Lipinski definition) is 2. The monoisotopic (exact) mass is 576 g/mol. The number of methoxy groups -OCH3 is 2. The van der Waals surface area contributed by atoms with Crippen LogP contribution in [0.1, 0.15) is 81.1 Å². The number of carbonyl (C=O) groups is 2. The third-order valence-corrected chi connectivity index (χ3v) is 8.58. The Hall–Kier alpha value is -3.88. The van der Waals surface area contributed by atoms with Crippen molar-refractivity contribution in [1.82, 2.24) is 20.4 Å². The maximum atomic E-state index is 13.8. The molecule has 2 aliphatic carbocycles. The van der Waals surface area contributed by atoms with Crippen molar-refractivity contribution in [3.05, 3.63) is 60.0 Å². The number of rotatable bonds is 12. The number of halogens is 1. The van der Waals surface area contributed by atoms with Crippen molar-refractivity contribution in [3.63, 3.8) is 0 Å². The van der Waals surface area contributed by atoms with Gasteiger partial charge in [0, 0.05) is 18.5 Å². The molecule has 2 saturated carbocycles. The van der Waals surface area contributed by atoms with Crippen LogP contribution in [0.25, 0.3) is 16.9 Å². The predicted molar refractivity (Wildman–Crippen MR) is 160 cm³/mol. The molecule has 0 saturated heterocycles. The standard InChI is InChI=1S/C33H41FN4O4/c1-41-29-12-7-13-30(42-2)32(29)28-21-27(37-38(28)26-18-15-23(34)16-19-26)33(40)36-25(17-14-22-8-4-3-5-9-22)20-31(39)35-24-10-6-11-24/h7,12-13,15-16,18-19,21-22,24-25H,3-6,8-11,14,17,20H2,1-2H3,(H,35,39)(H,36,40)/t25-/m0/s1. The first kappa shape index (κ1) is 29.6. The van der Waals surface area contributed by atoms with E-state index in [1.807, 2.05) is 18.2 Å². The second kappa shape index (κ2) is 13.9. The summed E-state index contributed by atoms with van der Waals surface area (Å²) in [6, 6.07) is 13.0. The van der Waals surface area contributed by atoms with Crippen molar-refractivity contribution >= 4 is 11.8 Å². The lowest BCUT2D eigenvalue weighted by atomic mass is 9.85. The predicted octanol–water partition coefficient (Wildman–Crippen LogP) is 6.21. The fourth-order valence-electron chi connectivity index (χ4n) is 6.01. The lowest BCUT2D eigenvalue weighted by molar-refractivity contribution is -0.122. The summed E-state index contributed by atoms with van der Waals surface area (Å²) in [6.45, 7) is 0. The number of nitrogens with one attached hydrogen (secondary N) is 2. The van der Waals surface area contributed by atoms with Crippen LogP contribution < -0.4 is 20.1 Å². The van der Waals surface area contributed by atoms with E-state index in [9.17, 15) is 14.0 Å². The van der Waals surface area contributed by atoms with Gasteiger partial charge in [0.2, 0.25) is 5.91 Å². The van der Waals surface area contributed by atoms with Crippen molar-refractivity contribution in [1.29, 1.82) is 0 Å². The highest BCUT2D eigenvalue weighted by Crippen LogP contribution is 2.39. The van der Waals surface area contributed by atoms with E-state index in [0.29, 0.717) is 34.4 Å². The van der Waals surface area contributed by atoms with E-state index in [4.69, 9.17) is 9.47 Å². The van der Waals surface area contributed by atoms with Crippen molar-refractivity contribution in [2.24, 2.45) is 5.92 Å². The number of ether oxygens (including phenoxy) is 2. The third kappa shape index (κ3) is 7.12. The minimum Gasteiger partial charge on any atom is -0.496 e. The summed E-state index contributed by atoms with van der Waals surface area (Å²) in [5.41, 5.74) is 1.94. The lowest BCUT2D eigenvalue weighted by Gasteiger charge is -2.28. The summed E-state index contributed by atoms with van der Waals surface area (Å²) < 4.78 is 26.7. The molecule has 224 valence electrons. The molecule has 0 unspecified atom stereocenters. The van der Waals surface area contributed by atoms with Crippen LogP contribution in [-0.2, 0) is 4.79 Å². The van der Waals surface area contributed by atoms with Crippen molar-refractivity contribution in [3.8, 4) is 28.4 Å². The molecule has 1 atom stereocenters. The summed E-state index contributed by atoms with van der Waals surface area (Å²) in [7, 11) is 3.13. The lowest BCUT2D eigenvalue weighted by Crippen LogP contribution is -2.44. The Balaban J connectivity index is 1.43. The Morgan fingerprint density at radius 1 is 0.976 bits per heavy atom. The smallest absolute Gasteiger partial charge is 0.272 e. The van der Waals surface area contributed by atoms with Crippen LogP contribution in [0.5, 0.6) is 11.5 Å². The molecule has 0 bridgehead atoms. The maximum Gasteiger partial charge on any atom is 0.272 e. The van der Waals surface area contributed by atoms with Gasteiger partial charge in [-0.05, 0) is 80.5 Å². The van der Waals surface area contributed by atoms with Gasteiger partial charge in [0.15, 0.2) is 5.69 Å². The van der Waals surface area contributed by atoms with Gasteiger partial charge in [0.05, 0.1) is 31.2 Å². The minimum absolute atomic E-state index is 0.0232. The number of nitrogens with zero attached hydrogens (tertiary/aromatic N) is 2. The molecule has 9 heteroatoms. The summed E-state index contributed by atoms with van der Waals surface area (Å²) in [4.78, 5) is 26.6. The molecule has 8 nitrogen and oxygen atoms in total. The molecule has 2 fully saturated rings. The Bertz CT molecular complexity index is 1340. The molecule has 1 aromatic heterocycles. The average Bonchev–Trinajstić information content (AvgIpc) is 3.43. The zero-order chi connectivity index (χ0) is 29.5. The molecular formula is C33H41FN4O4. The van der Waals surface area contributed by atoms with Gasteiger partial charge >= 0.3 is 0 Å². The SMILES string of the molecule is COc1cccc(OC)c1-c1cc(C(=O)N[C@@H](CCC2CCCCC2)CC(=O)NC2CCC2)nn1-c1ccc(F)cc1. The van der Waals surface area contributed by atoms with E-state index in [2.05, 4.69) is 15.7 Å². The second-order valence-corrected chi connectivity index (χ2v) is 11.5. The maximum absolute atomic E-state index is 13.8. The van der Waals surface area contributed by atoms with Crippen molar-refractivity contribution in [2.75, 3.05) is 14.2 Å². The van der Waals surface area contributed by atoms with Crippen molar-refractivity contribution < 1.29 is 23.5 Å². The molecule has 2 N–H and O–H groups in total. The fourth-order valence-corrected chi connectivity index (χ4v) is 6.01. The molecule has 42 heavy (non-hydrogen) atoms. The molecule has 2 amide bonds. The highest BCUT2D eigenvalue weighted by Gasteiger charge is 2.27. The fraction of sp³-hybridized carbons (Fsp3) is 0.485. The normalized spacial score (nSPS) is 16.4. The van der Waals surface area contributed by atoms with Crippen LogP contribution in [0.3, 0.4) is 0 Å². The van der Waals surface area contributed by atoms with Crippen LogP contribution in [0, 0.1) is 11.7 Å². The Morgan fingerprint density at radius 3 is 2.29 bits per heavy atom. The number of benzene rings is 2. The summed E-state index contributed by atoms with van der Waals surface area (Å²) in [5.74, 6) is 0.961. The molecule has 1 heterocycles. The number of carbonyl (C=O) groups excluding carboxylic acids is 2. The van der Waals surface area contributed by atoms with E-state index in [1.54, 1.807) is 37.1 Å². The van der Waals surface area contributed by atoms with Crippen LogP contribution in [0.4, 0.5) is 4.39 Å².